The Morgan fingerprint density at radius 2 is 1.82 bits per heavy atom. The van der Waals surface area contributed by atoms with Crippen LogP contribution in [0, 0.1) is 6.92 Å². The van der Waals surface area contributed by atoms with Crippen molar-refractivity contribution >= 4 is 28.4 Å². The first kappa shape index (κ1) is 27.8. The largest absolute Gasteiger partial charge is 0.451 e. The molecule has 0 bridgehead atoms. The van der Waals surface area contributed by atoms with Crippen LogP contribution in [0.5, 0.6) is 11.5 Å². The highest BCUT2D eigenvalue weighted by molar-refractivity contribution is 5.78. The molecule has 0 spiro atoms. The van der Waals surface area contributed by atoms with Gasteiger partial charge in [0, 0.05) is 61.0 Å². The summed E-state index contributed by atoms with van der Waals surface area (Å²) in [5, 5.41) is 4.10. The van der Waals surface area contributed by atoms with Crippen molar-refractivity contribution in [2.24, 2.45) is 0 Å². The van der Waals surface area contributed by atoms with Gasteiger partial charge in [0.05, 0.1) is 6.54 Å². The van der Waals surface area contributed by atoms with Gasteiger partial charge in [-0.05, 0) is 104 Å². The van der Waals surface area contributed by atoms with Gasteiger partial charge in [-0.3, -0.25) is 19.2 Å². The summed E-state index contributed by atoms with van der Waals surface area (Å²) >= 11 is 0. The van der Waals surface area contributed by atoms with Crippen molar-refractivity contribution in [3.8, 4) is 11.5 Å². The number of nitrogens with zero attached hydrogens (tertiary/aromatic N) is 6. The van der Waals surface area contributed by atoms with Gasteiger partial charge in [-0.25, -0.2) is 4.98 Å². The Labute approximate surface area is 262 Å². The molecule has 1 saturated carbocycles. The average Bonchev–Trinajstić information content (AvgIpc) is 3.81. The van der Waals surface area contributed by atoms with Gasteiger partial charge in [0.25, 0.3) is 5.56 Å². The quantitative estimate of drug-likeness (QED) is 0.224. The normalized spacial score (nSPS) is 18.2. The lowest BCUT2D eigenvalue weighted by atomic mass is 10.1. The van der Waals surface area contributed by atoms with E-state index in [2.05, 4.69) is 49.4 Å². The Balaban J connectivity index is 1.11. The highest BCUT2D eigenvalue weighted by atomic mass is 16.5. The van der Waals surface area contributed by atoms with Gasteiger partial charge in [0.1, 0.15) is 11.4 Å². The molecule has 2 aliphatic heterocycles. The summed E-state index contributed by atoms with van der Waals surface area (Å²) in [6.45, 7) is 6.87. The number of benzene rings is 2. The van der Waals surface area contributed by atoms with Crippen molar-refractivity contribution in [2.45, 2.75) is 51.1 Å². The second-order valence-corrected chi connectivity index (χ2v) is 12.5. The summed E-state index contributed by atoms with van der Waals surface area (Å²) in [5.74, 6) is 1.83. The molecule has 5 aromatic rings. The molecule has 3 fully saturated rings. The van der Waals surface area contributed by atoms with Gasteiger partial charge in [-0.15, -0.1) is 0 Å². The van der Waals surface area contributed by atoms with E-state index < -0.39 is 0 Å². The van der Waals surface area contributed by atoms with Crippen LogP contribution in [0.1, 0.15) is 48.3 Å². The second-order valence-electron chi connectivity index (χ2n) is 12.5. The van der Waals surface area contributed by atoms with E-state index in [9.17, 15) is 4.79 Å². The molecule has 9 heteroatoms. The first-order chi connectivity index (χ1) is 22.1. The monoisotopic (exact) mass is 599 g/mol. The Bertz CT molecular complexity index is 1920. The van der Waals surface area contributed by atoms with E-state index in [0.717, 1.165) is 54.7 Å². The lowest BCUT2D eigenvalue weighted by Gasteiger charge is -2.38. The van der Waals surface area contributed by atoms with E-state index in [1.807, 2.05) is 43.5 Å². The molecule has 8 rings (SSSR count). The minimum atomic E-state index is -0.235. The van der Waals surface area contributed by atoms with E-state index in [1.54, 1.807) is 23.0 Å². The summed E-state index contributed by atoms with van der Waals surface area (Å²) in [6.07, 6.45) is 10.4. The number of fused-ring (bicyclic) bond motifs is 2. The number of rotatable bonds is 8. The highest BCUT2D eigenvalue weighted by Gasteiger charge is 2.30. The zero-order valence-electron chi connectivity index (χ0n) is 25.5. The van der Waals surface area contributed by atoms with Crippen molar-refractivity contribution in [3.05, 3.63) is 106 Å². The maximum absolute atomic E-state index is 14.1. The van der Waals surface area contributed by atoms with Crippen molar-refractivity contribution in [1.82, 2.24) is 24.4 Å². The number of nitrogens with one attached hydrogen (secondary N) is 1. The third-order valence-electron chi connectivity index (χ3n) is 9.48. The fourth-order valence-electron chi connectivity index (χ4n) is 6.82. The van der Waals surface area contributed by atoms with Crippen LogP contribution in [0.4, 0.5) is 17.3 Å². The first-order valence-corrected chi connectivity index (χ1v) is 16.0. The van der Waals surface area contributed by atoms with Crippen molar-refractivity contribution in [1.29, 1.82) is 0 Å². The minimum absolute atomic E-state index is 0.235. The van der Waals surface area contributed by atoms with Crippen LogP contribution in [0.15, 0.2) is 84.0 Å². The molecule has 0 amide bonds. The van der Waals surface area contributed by atoms with Gasteiger partial charge in [0.15, 0.2) is 5.75 Å². The topological polar surface area (TPSA) is 88.4 Å². The van der Waals surface area contributed by atoms with Crippen LogP contribution < -0.4 is 20.5 Å². The van der Waals surface area contributed by atoms with E-state index in [0.29, 0.717) is 35.8 Å². The molecule has 2 saturated heterocycles. The Kier molecular flexibility index (Phi) is 7.18. The molecule has 1 atom stereocenters. The SMILES string of the molecule is Cc1ccccc1Oc1cc2cnc(Nc3ccc(N4CCN5CCCC5C4)cc3)nc2n(Cc2ccncc2C2CC2)c1=O. The van der Waals surface area contributed by atoms with Gasteiger partial charge in [-0.1, -0.05) is 18.2 Å². The number of hydrogen-bond donors (Lipinski definition) is 1. The predicted molar refractivity (Wildman–Crippen MR) is 177 cm³/mol. The first-order valence-electron chi connectivity index (χ1n) is 16.0. The molecule has 1 aliphatic carbocycles. The Morgan fingerprint density at radius 1 is 0.956 bits per heavy atom. The maximum Gasteiger partial charge on any atom is 0.295 e. The minimum Gasteiger partial charge on any atom is -0.451 e. The number of anilines is 3. The van der Waals surface area contributed by atoms with Gasteiger partial charge in [0.2, 0.25) is 5.95 Å². The number of aryl methyl sites for hydroxylation is 1. The molecular weight excluding hydrogens is 562 g/mol. The van der Waals surface area contributed by atoms with Crippen LogP contribution in [-0.2, 0) is 6.54 Å². The van der Waals surface area contributed by atoms with Gasteiger partial charge >= 0.3 is 0 Å². The zero-order valence-corrected chi connectivity index (χ0v) is 25.5. The molecule has 1 unspecified atom stereocenters. The number of aromatic nitrogens is 4. The lowest BCUT2D eigenvalue weighted by Crippen LogP contribution is -2.50. The summed E-state index contributed by atoms with van der Waals surface area (Å²) < 4.78 is 7.91. The summed E-state index contributed by atoms with van der Waals surface area (Å²) in [4.78, 5) is 33.1. The van der Waals surface area contributed by atoms with Gasteiger partial charge in [-0.2, -0.15) is 4.98 Å². The van der Waals surface area contributed by atoms with Crippen LogP contribution in [0.25, 0.3) is 11.0 Å². The third-order valence-corrected chi connectivity index (χ3v) is 9.48. The fourth-order valence-corrected chi connectivity index (χ4v) is 6.82. The van der Waals surface area contributed by atoms with Gasteiger partial charge < -0.3 is 15.0 Å². The summed E-state index contributed by atoms with van der Waals surface area (Å²) in [7, 11) is 0. The molecule has 0 radical (unpaired) electrons. The molecule has 1 N–H and O–H groups in total. The maximum atomic E-state index is 14.1. The third kappa shape index (κ3) is 5.64. The fraction of sp³-hybridized carbons (Fsp3) is 0.333. The van der Waals surface area contributed by atoms with Crippen LogP contribution in [0.3, 0.4) is 0 Å². The Hall–Kier alpha value is -4.76. The van der Waals surface area contributed by atoms with E-state index in [-0.39, 0.29) is 11.3 Å². The molecule has 5 heterocycles. The average molecular weight is 600 g/mol. The van der Waals surface area contributed by atoms with E-state index in [4.69, 9.17) is 9.72 Å². The summed E-state index contributed by atoms with van der Waals surface area (Å²) in [5.41, 5.74) is 5.69. The van der Waals surface area contributed by atoms with Crippen molar-refractivity contribution in [3.63, 3.8) is 0 Å². The van der Waals surface area contributed by atoms with E-state index >= 15 is 0 Å². The molecule has 3 aliphatic rings. The van der Waals surface area contributed by atoms with E-state index in [1.165, 1.54) is 30.6 Å². The van der Waals surface area contributed by atoms with Crippen molar-refractivity contribution in [2.75, 3.05) is 36.4 Å². The molecule has 9 nitrogen and oxygen atoms in total. The number of hydrogen-bond acceptors (Lipinski definition) is 8. The molecule has 3 aromatic heterocycles. The number of piperazine rings is 1. The number of para-hydroxylation sites is 1. The Morgan fingerprint density at radius 3 is 2.67 bits per heavy atom. The van der Waals surface area contributed by atoms with Crippen LogP contribution >= 0.6 is 0 Å². The molecule has 2 aromatic carbocycles. The molecular formula is C36H37N7O2. The smallest absolute Gasteiger partial charge is 0.295 e. The standard InChI is InChI=1S/C36H37N7O2/c1-24-5-2-3-7-32(24)45-33-19-27-20-38-36(39-28-10-12-29(13-11-28)42-18-17-41-16-4-6-30(41)23-42)40-34(27)43(35(33)44)22-26-14-15-37-21-31(26)25-8-9-25/h2-3,5,7,10-15,19-21,25,30H,4,6,8-9,16-18,22-23H2,1H3,(H,38,39,40). The summed E-state index contributed by atoms with van der Waals surface area (Å²) in [6, 6.07) is 20.6. The van der Waals surface area contributed by atoms with Crippen LogP contribution in [-0.4, -0.2) is 56.6 Å². The van der Waals surface area contributed by atoms with Crippen molar-refractivity contribution < 1.29 is 4.74 Å². The molecule has 228 valence electrons. The zero-order chi connectivity index (χ0) is 30.3. The number of pyridine rings is 2. The predicted octanol–water partition coefficient (Wildman–Crippen LogP) is 6.24. The highest BCUT2D eigenvalue weighted by Crippen LogP contribution is 2.41. The number of ether oxygens (including phenoxy) is 1. The molecule has 45 heavy (non-hydrogen) atoms. The second kappa shape index (κ2) is 11.6. The lowest BCUT2D eigenvalue weighted by molar-refractivity contribution is 0.231. The van der Waals surface area contributed by atoms with Crippen LogP contribution in [0.2, 0.25) is 0 Å².